The topological polar surface area (TPSA) is 72.9 Å². The van der Waals surface area contributed by atoms with Gasteiger partial charge in [0.2, 0.25) is 0 Å². The van der Waals surface area contributed by atoms with Crippen LogP contribution in [-0.4, -0.2) is 27.8 Å². The molecular formula is C12H23ClN4O. The van der Waals surface area contributed by atoms with Crippen LogP contribution in [0.15, 0.2) is 12.4 Å². The van der Waals surface area contributed by atoms with E-state index in [0.29, 0.717) is 12.1 Å². The number of carbonyl (C=O) groups is 1. The lowest BCUT2D eigenvalue weighted by Crippen LogP contribution is -2.52. The number of aryl methyl sites for hydroxylation is 1. The number of hydrogen-bond acceptors (Lipinski definition) is 3. The molecule has 0 aliphatic carbocycles. The second-order valence-electron chi connectivity index (χ2n) is 4.23. The van der Waals surface area contributed by atoms with Crippen molar-refractivity contribution < 1.29 is 4.79 Å². The van der Waals surface area contributed by atoms with Crippen molar-refractivity contribution in [3.63, 3.8) is 0 Å². The Morgan fingerprint density at radius 1 is 1.44 bits per heavy atom. The van der Waals surface area contributed by atoms with Crippen molar-refractivity contribution in [1.29, 1.82) is 0 Å². The molecule has 0 atom stereocenters. The Balaban J connectivity index is 0.00000289. The summed E-state index contributed by atoms with van der Waals surface area (Å²) in [5.74, 6) is -0.0983. The molecule has 0 radical (unpaired) electrons. The Morgan fingerprint density at radius 3 is 2.44 bits per heavy atom. The summed E-state index contributed by atoms with van der Waals surface area (Å²) in [4.78, 5) is 12.0. The molecule has 1 aromatic rings. The standard InChI is InChI=1S/C12H22N4O.ClH/c1-4-12(5-2,9-13)15-11(17)10-7-14-16(6-3)8-10;/h7-8H,4-6,9,13H2,1-3H3,(H,15,17);1H. The van der Waals surface area contributed by atoms with Crippen LogP contribution in [0.5, 0.6) is 0 Å². The van der Waals surface area contributed by atoms with E-state index < -0.39 is 0 Å². The number of nitrogens with zero attached hydrogens (tertiary/aromatic N) is 2. The molecule has 1 aromatic heterocycles. The first-order valence-corrected chi connectivity index (χ1v) is 6.15. The summed E-state index contributed by atoms with van der Waals surface area (Å²) in [6.45, 7) is 7.26. The van der Waals surface area contributed by atoms with Gasteiger partial charge in [-0.2, -0.15) is 5.10 Å². The highest BCUT2D eigenvalue weighted by atomic mass is 35.5. The van der Waals surface area contributed by atoms with Gasteiger partial charge in [-0.05, 0) is 19.8 Å². The summed E-state index contributed by atoms with van der Waals surface area (Å²) in [6, 6.07) is 0. The Morgan fingerprint density at radius 2 is 2.06 bits per heavy atom. The molecule has 6 heteroatoms. The predicted molar refractivity (Wildman–Crippen MR) is 75.0 cm³/mol. The van der Waals surface area contributed by atoms with Crippen LogP contribution in [0.1, 0.15) is 44.0 Å². The second-order valence-corrected chi connectivity index (χ2v) is 4.23. The lowest BCUT2D eigenvalue weighted by atomic mass is 9.92. The van der Waals surface area contributed by atoms with Crippen molar-refractivity contribution in [2.24, 2.45) is 5.73 Å². The zero-order valence-electron chi connectivity index (χ0n) is 11.3. The van der Waals surface area contributed by atoms with E-state index in [1.807, 2.05) is 20.8 Å². The molecule has 104 valence electrons. The molecular weight excluding hydrogens is 252 g/mol. The van der Waals surface area contributed by atoms with Crippen LogP contribution in [-0.2, 0) is 6.54 Å². The predicted octanol–water partition coefficient (Wildman–Crippen LogP) is 1.57. The van der Waals surface area contributed by atoms with Crippen LogP contribution in [0.3, 0.4) is 0 Å². The van der Waals surface area contributed by atoms with Crippen molar-refractivity contribution in [3.05, 3.63) is 18.0 Å². The Labute approximate surface area is 115 Å². The minimum Gasteiger partial charge on any atom is -0.345 e. The fourth-order valence-electron chi connectivity index (χ4n) is 1.73. The molecule has 5 nitrogen and oxygen atoms in total. The van der Waals surface area contributed by atoms with Crippen molar-refractivity contribution in [1.82, 2.24) is 15.1 Å². The molecule has 0 fully saturated rings. The van der Waals surface area contributed by atoms with Crippen molar-refractivity contribution in [3.8, 4) is 0 Å². The number of rotatable bonds is 6. The summed E-state index contributed by atoms with van der Waals surface area (Å²) >= 11 is 0. The normalized spacial score (nSPS) is 10.9. The fourth-order valence-corrected chi connectivity index (χ4v) is 1.73. The van der Waals surface area contributed by atoms with Crippen LogP contribution in [0.4, 0.5) is 0 Å². The van der Waals surface area contributed by atoms with E-state index in [-0.39, 0.29) is 23.9 Å². The van der Waals surface area contributed by atoms with E-state index in [9.17, 15) is 4.79 Å². The van der Waals surface area contributed by atoms with Gasteiger partial charge in [0.25, 0.3) is 5.91 Å². The number of nitrogens with two attached hydrogens (primary N) is 1. The summed E-state index contributed by atoms with van der Waals surface area (Å²) in [5.41, 5.74) is 6.04. The van der Waals surface area contributed by atoms with E-state index in [1.165, 1.54) is 0 Å². The Kier molecular flexibility index (Phi) is 6.94. The zero-order valence-corrected chi connectivity index (χ0v) is 12.1. The number of nitrogens with one attached hydrogen (secondary N) is 1. The van der Waals surface area contributed by atoms with Gasteiger partial charge >= 0.3 is 0 Å². The minimum absolute atomic E-state index is 0. The van der Waals surface area contributed by atoms with Crippen LogP contribution in [0.2, 0.25) is 0 Å². The zero-order chi connectivity index (χ0) is 12.9. The van der Waals surface area contributed by atoms with Crippen LogP contribution >= 0.6 is 12.4 Å². The molecule has 0 bridgehead atoms. The molecule has 0 aromatic carbocycles. The first-order chi connectivity index (χ1) is 8.10. The molecule has 1 amide bonds. The monoisotopic (exact) mass is 274 g/mol. The van der Waals surface area contributed by atoms with Gasteiger partial charge in [-0.25, -0.2) is 0 Å². The van der Waals surface area contributed by atoms with E-state index >= 15 is 0 Å². The number of aromatic nitrogens is 2. The van der Waals surface area contributed by atoms with Gasteiger partial charge in [0, 0.05) is 19.3 Å². The second kappa shape index (κ2) is 7.38. The van der Waals surface area contributed by atoms with Crippen molar-refractivity contribution >= 4 is 18.3 Å². The molecule has 0 saturated heterocycles. The van der Waals surface area contributed by atoms with E-state index in [1.54, 1.807) is 17.1 Å². The highest BCUT2D eigenvalue weighted by molar-refractivity contribution is 5.94. The lowest BCUT2D eigenvalue weighted by Gasteiger charge is -2.31. The van der Waals surface area contributed by atoms with E-state index in [2.05, 4.69) is 10.4 Å². The third-order valence-electron chi connectivity index (χ3n) is 3.34. The van der Waals surface area contributed by atoms with Crippen LogP contribution < -0.4 is 11.1 Å². The molecule has 1 heterocycles. The van der Waals surface area contributed by atoms with Crippen LogP contribution in [0, 0.1) is 0 Å². The first kappa shape index (κ1) is 16.9. The number of hydrogen-bond donors (Lipinski definition) is 2. The Bertz CT molecular complexity index is 366. The quantitative estimate of drug-likeness (QED) is 0.827. The SMILES string of the molecule is CCn1cc(C(=O)NC(CC)(CC)CN)cn1.Cl. The maximum absolute atomic E-state index is 12.0. The highest BCUT2D eigenvalue weighted by Crippen LogP contribution is 2.14. The molecule has 0 aliphatic heterocycles. The summed E-state index contributed by atoms with van der Waals surface area (Å²) in [7, 11) is 0. The molecule has 0 unspecified atom stereocenters. The summed E-state index contributed by atoms with van der Waals surface area (Å²) < 4.78 is 1.73. The van der Waals surface area contributed by atoms with Crippen LogP contribution in [0.25, 0.3) is 0 Å². The average molecular weight is 275 g/mol. The van der Waals surface area contributed by atoms with Gasteiger partial charge < -0.3 is 11.1 Å². The summed E-state index contributed by atoms with van der Waals surface area (Å²) in [5, 5.41) is 7.10. The first-order valence-electron chi connectivity index (χ1n) is 6.15. The van der Waals surface area contributed by atoms with E-state index in [4.69, 9.17) is 5.73 Å². The Hall–Kier alpha value is -1.07. The molecule has 3 N–H and O–H groups in total. The van der Waals surface area contributed by atoms with Crippen molar-refractivity contribution in [2.45, 2.75) is 45.7 Å². The third kappa shape index (κ3) is 3.71. The van der Waals surface area contributed by atoms with Gasteiger partial charge in [0.05, 0.1) is 17.3 Å². The van der Waals surface area contributed by atoms with E-state index in [0.717, 1.165) is 19.4 Å². The van der Waals surface area contributed by atoms with Gasteiger partial charge in [0.15, 0.2) is 0 Å². The molecule has 0 saturated carbocycles. The lowest BCUT2D eigenvalue weighted by molar-refractivity contribution is 0.0895. The van der Waals surface area contributed by atoms with Gasteiger partial charge in [-0.3, -0.25) is 9.48 Å². The highest BCUT2D eigenvalue weighted by Gasteiger charge is 2.27. The molecule has 0 aliphatic rings. The number of halogens is 1. The number of amides is 1. The average Bonchev–Trinajstić information content (AvgIpc) is 2.85. The third-order valence-corrected chi connectivity index (χ3v) is 3.34. The summed E-state index contributed by atoms with van der Waals surface area (Å²) in [6.07, 6.45) is 4.99. The minimum atomic E-state index is -0.300. The number of carbonyl (C=O) groups excluding carboxylic acids is 1. The molecule has 0 spiro atoms. The smallest absolute Gasteiger partial charge is 0.254 e. The molecule has 18 heavy (non-hydrogen) atoms. The van der Waals surface area contributed by atoms with Gasteiger partial charge in [-0.15, -0.1) is 12.4 Å². The largest absolute Gasteiger partial charge is 0.345 e. The molecule has 1 rings (SSSR count). The maximum Gasteiger partial charge on any atom is 0.254 e. The van der Waals surface area contributed by atoms with Gasteiger partial charge in [0.1, 0.15) is 0 Å². The van der Waals surface area contributed by atoms with Gasteiger partial charge in [-0.1, -0.05) is 13.8 Å². The fraction of sp³-hybridized carbons (Fsp3) is 0.667. The maximum atomic E-state index is 12.0. The van der Waals surface area contributed by atoms with Crippen molar-refractivity contribution in [2.75, 3.05) is 6.54 Å².